The fourth-order valence-electron chi connectivity index (χ4n) is 0.363. The summed E-state index contributed by atoms with van der Waals surface area (Å²) in [5, 5.41) is 0. The Morgan fingerprint density at radius 2 is 2.22 bits per heavy atom. The predicted octanol–water partition coefficient (Wildman–Crippen LogP) is 1.87. The van der Waals surface area contributed by atoms with Gasteiger partial charge in [-0.1, -0.05) is 30.9 Å². The predicted molar refractivity (Wildman–Crippen MR) is 39.2 cm³/mol. The molecule has 0 spiro atoms. The number of hydrogen-bond acceptors (Lipinski definition) is 1. The van der Waals surface area contributed by atoms with Gasteiger partial charge in [-0.05, 0) is 6.92 Å². The zero-order valence-electron chi connectivity index (χ0n) is 5.50. The molecule has 0 radical (unpaired) electrons. The van der Waals surface area contributed by atoms with Crippen molar-refractivity contribution < 1.29 is 4.79 Å². The zero-order valence-corrected chi connectivity index (χ0v) is 5.50. The number of aldehydes is 1. The standard InChI is InChI=1S/C8H10O/c1-3-5-6-8(4-2)7-9/h3-7H,2H2,1H3/b5-3+,8-6+. The van der Waals surface area contributed by atoms with Crippen molar-refractivity contribution in [1.82, 2.24) is 0 Å². The summed E-state index contributed by atoms with van der Waals surface area (Å²) in [7, 11) is 0. The molecule has 1 nitrogen and oxygen atoms in total. The topological polar surface area (TPSA) is 17.1 Å². The second-order valence-electron chi connectivity index (χ2n) is 1.51. The van der Waals surface area contributed by atoms with Crippen molar-refractivity contribution in [3.05, 3.63) is 36.5 Å². The van der Waals surface area contributed by atoms with E-state index in [4.69, 9.17) is 0 Å². The minimum absolute atomic E-state index is 0.605. The molecule has 0 aromatic carbocycles. The summed E-state index contributed by atoms with van der Waals surface area (Å²) in [6.07, 6.45) is 7.65. The van der Waals surface area contributed by atoms with Crippen molar-refractivity contribution in [2.24, 2.45) is 0 Å². The van der Waals surface area contributed by atoms with Crippen molar-refractivity contribution in [1.29, 1.82) is 0 Å². The van der Waals surface area contributed by atoms with Crippen LogP contribution in [0.3, 0.4) is 0 Å². The molecule has 0 aliphatic carbocycles. The molecule has 0 rings (SSSR count). The molecule has 0 aromatic rings. The van der Waals surface area contributed by atoms with Crippen LogP contribution in [0, 0.1) is 0 Å². The molecular weight excluding hydrogens is 112 g/mol. The molecule has 0 aliphatic heterocycles. The van der Waals surface area contributed by atoms with E-state index in [1.165, 1.54) is 6.08 Å². The van der Waals surface area contributed by atoms with Crippen LogP contribution >= 0.6 is 0 Å². The number of hydrogen-bond donors (Lipinski definition) is 0. The van der Waals surface area contributed by atoms with Crippen LogP contribution in [0.2, 0.25) is 0 Å². The molecule has 48 valence electrons. The Hall–Kier alpha value is -1.11. The maximum absolute atomic E-state index is 10.1. The van der Waals surface area contributed by atoms with Crippen LogP contribution in [-0.4, -0.2) is 6.29 Å². The summed E-state index contributed by atoms with van der Waals surface area (Å²) in [5.74, 6) is 0. The second kappa shape index (κ2) is 5.04. The highest BCUT2D eigenvalue weighted by Crippen LogP contribution is 1.89. The summed E-state index contributed by atoms with van der Waals surface area (Å²) in [4.78, 5) is 10.1. The molecule has 0 saturated heterocycles. The number of allylic oxidation sites excluding steroid dienone is 5. The normalized spacial score (nSPS) is 11.9. The van der Waals surface area contributed by atoms with Gasteiger partial charge in [0.05, 0.1) is 0 Å². The van der Waals surface area contributed by atoms with Gasteiger partial charge in [-0.2, -0.15) is 0 Å². The van der Waals surface area contributed by atoms with Crippen LogP contribution in [0.1, 0.15) is 6.92 Å². The number of rotatable bonds is 3. The maximum atomic E-state index is 10.1. The summed E-state index contributed by atoms with van der Waals surface area (Å²) < 4.78 is 0. The molecule has 0 bridgehead atoms. The summed E-state index contributed by atoms with van der Waals surface area (Å²) in [6, 6.07) is 0. The second-order valence-corrected chi connectivity index (χ2v) is 1.51. The molecule has 0 fully saturated rings. The van der Waals surface area contributed by atoms with Crippen LogP contribution in [0.5, 0.6) is 0 Å². The number of carbonyl (C=O) groups is 1. The van der Waals surface area contributed by atoms with Crippen molar-refractivity contribution in [2.75, 3.05) is 0 Å². The van der Waals surface area contributed by atoms with E-state index in [9.17, 15) is 4.79 Å². The van der Waals surface area contributed by atoms with Crippen molar-refractivity contribution >= 4 is 6.29 Å². The van der Waals surface area contributed by atoms with E-state index in [1.807, 2.05) is 13.0 Å². The Labute approximate surface area is 55.4 Å². The third-order valence-electron chi connectivity index (χ3n) is 0.853. The third kappa shape index (κ3) is 3.47. The highest BCUT2D eigenvalue weighted by molar-refractivity contribution is 5.77. The lowest BCUT2D eigenvalue weighted by Crippen LogP contribution is -1.74. The average Bonchev–Trinajstić information content (AvgIpc) is 1.91. The fraction of sp³-hybridized carbons (Fsp3) is 0.125. The van der Waals surface area contributed by atoms with Gasteiger partial charge in [0, 0.05) is 5.57 Å². The van der Waals surface area contributed by atoms with Gasteiger partial charge in [-0.3, -0.25) is 4.79 Å². The van der Waals surface area contributed by atoms with E-state index in [1.54, 1.807) is 12.2 Å². The first-order valence-corrected chi connectivity index (χ1v) is 2.75. The Balaban J connectivity index is 4.06. The highest BCUT2D eigenvalue weighted by Gasteiger charge is 1.79. The Morgan fingerprint density at radius 3 is 2.56 bits per heavy atom. The summed E-state index contributed by atoms with van der Waals surface area (Å²) >= 11 is 0. The highest BCUT2D eigenvalue weighted by atomic mass is 16.1. The van der Waals surface area contributed by atoms with Gasteiger partial charge in [-0.25, -0.2) is 0 Å². The summed E-state index contributed by atoms with van der Waals surface area (Å²) in [6.45, 7) is 5.34. The van der Waals surface area contributed by atoms with Gasteiger partial charge in [0.25, 0.3) is 0 Å². The molecule has 0 aliphatic rings. The molecule has 0 heterocycles. The number of carbonyl (C=O) groups excluding carboxylic acids is 1. The Morgan fingerprint density at radius 1 is 1.56 bits per heavy atom. The first-order chi connectivity index (χ1) is 4.35. The van der Waals surface area contributed by atoms with E-state index >= 15 is 0 Å². The van der Waals surface area contributed by atoms with E-state index in [-0.39, 0.29) is 0 Å². The fourth-order valence-corrected chi connectivity index (χ4v) is 0.363. The molecule has 0 amide bonds. The van der Waals surface area contributed by atoms with Crippen molar-refractivity contribution in [3.8, 4) is 0 Å². The first-order valence-electron chi connectivity index (χ1n) is 2.75. The van der Waals surface area contributed by atoms with Gasteiger partial charge in [0.2, 0.25) is 0 Å². The van der Waals surface area contributed by atoms with Crippen LogP contribution in [-0.2, 0) is 4.79 Å². The minimum atomic E-state index is 0.605. The van der Waals surface area contributed by atoms with E-state index in [2.05, 4.69) is 6.58 Å². The molecule has 0 unspecified atom stereocenters. The van der Waals surface area contributed by atoms with Crippen LogP contribution in [0.25, 0.3) is 0 Å². The maximum Gasteiger partial charge on any atom is 0.150 e. The van der Waals surface area contributed by atoms with E-state index in [0.717, 1.165) is 6.29 Å². The van der Waals surface area contributed by atoms with E-state index in [0.29, 0.717) is 5.57 Å². The molecule has 0 N–H and O–H groups in total. The molecular formula is C8H10O. The van der Waals surface area contributed by atoms with Crippen molar-refractivity contribution in [3.63, 3.8) is 0 Å². The monoisotopic (exact) mass is 122 g/mol. The third-order valence-corrected chi connectivity index (χ3v) is 0.853. The lowest BCUT2D eigenvalue weighted by molar-refractivity contribution is -0.104. The molecule has 0 aromatic heterocycles. The Bertz CT molecular complexity index is 142. The van der Waals surface area contributed by atoms with E-state index < -0.39 is 0 Å². The van der Waals surface area contributed by atoms with Crippen LogP contribution in [0.15, 0.2) is 36.5 Å². The minimum Gasteiger partial charge on any atom is -0.298 e. The lowest BCUT2D eigenvalue weighted by atomic mass is 10.2. The summed E-state index contributed by atoms with van der Waals surface area (Å²) in [5.41, 5.74) is 0.605. The zero-order chi connectivity index (χ0) is 7.11. The van der Waals surface area contributed by atoms with Gasteiger partial charge in [-0.15, -0.1) is 0 Å². The SMILES string of the molecule is C=C/C(C=O)=C\C=C\C. The van der Waals surface area contributed by atoms with Gasteiger partial charge in [0.15, 0.2) is 0 Å². The largest absolute Gasteiger partial charge is 0.298 e. The smallest absolute Gasteiger partial charge is 0.150 e. The molecule has 0 atom stereocenters. The van der Waals surface area contributed by atoms with Crippen molar-refractivity contribution in [2.45, 2.75) is 6.92 Å². The van der Waals surface area contributed by atoms with Gasteiger partial charge in [0.1, 0.15) is 6.29 Å². The van der Waals surface area contributed by atoms with Gasteiger partial charge >= 0.3 is 0 Å². The molecule has 1 heteroatoms. The van der Waals surface area contributed by atoms with Crippen LogP contribution in [0.4, 0.5) is 0 Å². The first kappa shape index (κ1) is 7.89. The molecule has 0 saturated carbocycles. The average molecular weight is 122 g/mol. The Kier molecular flexibility index (Phi) is 4.41. The van der Waals surface area contributed by atoms with Crippen LogP contribution < -0.4 is 0 Å². The lowest BCUT2D eigenvalue weighted by Gasteiger charge is -1.80. The molecule has 9 heavy (non-hydrogen) atoms. The van der Waals surface area contributed by atoms with Gasteiger partial charge < -0.3 is 0 Å². The quantitative estimate of drug-likeness (QED) is 0.317.